The first-order valence-corrected chi connectivity index (χ1v) is 9.04. The molecule has 0 unspecified atom stereocenters. The Kier molecular flexibility index (Phi) is 5.27. The minimum absolute atomic E-state index is 0.125. The van der Waals surface area contributed by atoms with Crippen LogP contribution >= 0.6 is 15.9 Å². The number of ether oxygens (including phenoxy) is 1. The van der Waals surface area contributed by atoms with Crippen molar-refractivity contribution in [3.05, 3.63) is 64.4 Å². The zero-order valence-corrected chi connectivity index (χ0v) is 15.8. The molecule has 1 N–H and O–H groups in total. The van der Waals surface area contributed by atoms with Gasteiger partial charge in [0.2, 0.25) is 0 Å². The lowest BCUT2D eigenvalue weighted by Crippen LogP contribution is -2.43. The van der Waals surface area contributed by atoms with Crippen LogP contribution in [0, 0.1) is 5.82 Å². The van der Waals surface area contributed by atoms with Gasteiger partial charge in [0.1, 0.15) is 23.7 Å². The first-order chi connectivity index (χ1) is 12.5. The molecule has 5 nitrogen and oxygen atoms in total. The van der Waals surface area contributed by atoms with Gasteiger partial charge in [-0.15, -0.1) is 0 Å². The van der Waals surface area contributed by atoms with Gasteiger partial charge in [0.15, 0.2) is 0 Å². The molecule has 3 rings (SSSR count). The second kappa shape index (κ2) is 7.45. The van der Waals surface area contributed by atoms with Gasteiger partial charge < -0.3 is 10.1 Å². The molecule has 1 aliphatic rings. The molecular formula is C19H18BrFN2O3. The summed E-state index contributed by atoms with van der Waals surface area (Å²) in [6.45, 7) is 2.11. The standard InChI is InChI=1S/C19H18BrFN2O3/c1-2-19(13-6-8-15(21)9-7-13)17(24)23(18(25)22-19)10-11-26-16-5-3-4-14(20)12-16/h3-9,12H,2,10-11H2,1H3,(H,22,25)/t19-/m0/s1. The highest BCUT2D eigenvalue weighted by Crippen LogP contribution is 2.32. The average molecular weight is 421 g/mol. The molecule has 3 amide bonds. The van der Waals surface area contributed by atoms with Crippen LogP contribution in [0.4, 0.5) is 9.18 Å². The topological polar surface area (TPSA) is 58.6 Å². The summed E-state index contributed by atoms with van der Waals surface area (Å²) in [5, 5.41) is 2.76. The monoisotopic (exact) mass is 420 g/mol. The molecule has 0 bridgehead atoms. The van der Waals surface area contributed by atoms with E-state index in [2.05, 4.69) is 21.2 Å². The van der Waals surface area contributed by atoms with Gasteiger partial charge in [0, 0.05) is 4.47 Å². The number of halogens is 2. The number of urea groups is 1. The van der Waals surface area contributed by atoms with Crippen LogP contribution in [-0.4, -0.2) is 30.0 Å². The molecule has 1 aliphatic heterocycles. The smallest absolute Gasteiger partial charge is 0.325 e. The zero-order chi connectivity index (χ0) is 18.7. The maximum atomic E-state index is 13.2. The van der Waals surface area contributed by atoms with Crippen LogP contribution in [0.1, 0.15) is 18.9 Å². The number of imide groups is 1. The van der Waals surface area contributed by atoms with Crippen LogP contribution in [0.25, 0.3) is 0 Å². The Morgan fingerprint density at radius 3 is 2.58 bits per heavy atom. The number of carbonyl (C=O) groups excluding carboxylic acids is 2. The summed E-state index contributed by atoms with van der Waals surface area (Å²) in [5.74, 6) is -0.0998. The number of benzene rings is 2. The van der Waals surface area contributed by atoms with Crippen LogP contribution in [0.15, 0.2) is 53.0 Å². The predicted octanol–water partition coefficient (Wildman–Crippen LogP) is 3.82. The third-order valence-electron chi connectivity index (χ3n) is 4.42. The summed E-state index contributed by atoms with van der Waals surface area (Å²) in [7, 11) is 0. The van der Waals surface area contributed by atoms with Crippen LogP contribution in [0.3, 0.4) is 0 Å². The maximum Gasteiger partial charge on any atom is 0.325 e. The molecule has 1 heterocycles. The molecule has 0 aromatic heterocycles. The van der Waals surface area contributed by atoms with Crippen LogP contribution in [0.2, 0.25) is 0 Å². The Bertz CT molecular complexity index is 828. The minimum Gasteiger partial charge on any atom is -0.492 e. The molecule has 0 spiro atoms. The van der Waals surface area contributed by atoms with Crippen molar-refractivity contribution in [2.24, 2.45) is 0 Å². The lowest BCUT2D eigenvalue weighted by molar-refractivity contribution is -0.132. The molecular weight excluding hydrogens is 403 g/mol. The van der Waals surface area contributed by atoms with Crippen molar-refractivity contribution >= 4 is 27.9 Å². The summed E-state index contributed by atoms with van der Waals surface area (Å²) < 4.78 is 19.7. The predicted molar refractivity (Wildman–Crippen MR) is 98.3 cm³/mol. The number of rotatable bonds is 6. The second-order valence-electron chi connectivity index (χ2n) is 5.96. The van der Waals surface area contributed by atoms with E-state index in [9.17, 15) is 14.0 Å². The molecule has 2 aromatic carbocycles. The van der Waals surface area contributed by atoms with E-state index >= 15 is 0 Å². The Balaban J connectivity index is 1.72. The third-order valence-corrected chi connectivity index (χ3v) is 4.92. The quantitative estimate of drug-likeness (QED) is 0.722. The molecule has 2 aromatic rings. The fourth-order valence-electron chi connectivity index (χ4n) is 3.01. The lowest BCUT2D eigenvalue weighted by Gasteiger charge is -2.25. The molecule has 0 aliphatic carbocycles. The Morgan fingerprint density at radius 2 is 1.92 bits per heavy atom. The number of hydrogen-bond donors (Lipinski definition) is 1. The Morgan fingerprint density at radius 1 is 1.19 bits per heavy atom. The molecule has 7 heteroatoms. The third kappa shape index (κ3) is 3.44. The SMILES string of the molecule is CC[C@@]1(c2ccc(F)cc2)NC(=O)N(CCOc2cccc(Br)c2)C1=O. The average Bonchev–Trinajstić information content (AvgIpc) is 2.87. The fraction of sp³-hybridized carbons (Fsp3) is 0.263. The van der Waals surface area contributed by atoms with Crippen molar-refractivity contribution in [2.45, 2.75) is 18.9 Å². The number of amides is 3. The van der Waals surface area contributed by atoms with E-state index in [1.54, 1.807) is 12.1 Å². The van der Waals surface area contributed by atoms with Crippen LogP contribution in [-0.2, 0) is 10.3 Å². The number of nitrogens with one attached hydrogen (secondary N) is 1. The van der Waals surface area contributed by atoms with Crippen LogP contribution in [0.5, 0.6) is 5.75 Å². The van der Waals surface area contributed by atoms with E-state index in [1.165, 1.54) is 24.3 Å². The summed E-state index contributed by atoms with van der Waals surface area (Å²) in [4.78, 5) is 26.4. The van der Waals surface area contributed by atoms with Gasteiger partial charge in [-0.1, -0.05) is 41.1 Å². The number of nitrogens with zero attached hydrogens (tertiary/aromatic N) is 1. The number of hydrogen-bond acceptors (Lipinski definition) is 3. The van der Waals surface area contributed by atoms with E-state index in [-0.39, 0.29) is 19.1 Å². The largest absolute Gasteiger partial charge is 0.492 e. The first-order valence-electron chi connectivity index (χ1n) is 8.25. The van der Waals surface area contributed by atoms with Crippen molar-refractivity contribution in [3.63, 3.8) is 0 Å². The van der Waals surface area contributed by atoms with Gasteiger partial charge in [0.25, 0.3) is 5.91 Å². The summed E-state index contributed by atoms with van der Waals surface area (Å²) in [6.07, 6.45) is 0.367. The van der Waals surface area contributed by atoms with E-state index in [1.807, 2.05) is 19.1 Å². The van der Waals surface area contributed by atoms with Gasteiger partial charge in [-0.25, -0.2) is 9.18 Å². The van der Waals surface area contributed by atoms with Gasteiger partial charge in [-0.05, 0) is 42.3 Å². The van der Waals surface area contributed by atoms with E-state index in [0.29, 0.717) is 17.7 Å². The van der Waals surface area contributed by atoms with E-state index < -0.39 is 17.4 Å². The summed E-state index contributed by atoms with van der Waals surface area (Å²) in [6, 6.07) is 12.5. The normalized spacial score (nSPS) is 19.6. The zero-order valence-electron chi connectivity index (χ0n) is 14.2. The Hall–Kier alpha value is -2.41. The van der Waals surface area contributed by atoms with Crippen molar-refractivity contribution in [1.29, 1.82) is 0 Å². The highest BCUT2D eigenvalue weighted by Gasteiger charge is 2.51. The summed E-state index contributed by atoms with van der Waals surface area (Å²) in [5.41, 5.74) is -0.601. The highest BCUT2D eigenvalue weighted by atomic mass is 79.9. The van der Waals surface area contributed by atoms with Crippen molar-refractivity contribution in [2.75, 3.05) is 13.2 Å². The van der Waals surface area contributed by atoms with Crippen molar-refractivity contribution in [3.8, 4) is 5.75 Å². The molecule has 136 valence electrons. The fourth-order valence-corrected chi connectivity index (χ4v) is 3.39. The van der Waals surface area contributed by atoms with Gasteiger partial charge >= 0.3 is 6.03 Å². The van der Waals surface area contributed by atoms with Gasteiger partial charge in [0.05, 0.1) is 6.54 Å². The van der Waals surface area contributed by atoms with E-state index in [0.717, 1.165) is 9.37 Å². The molecule has 26 heavy (non-hydrogen) atoms. The second-order valence-corrected chi connectivity index (χ2v) is 6.87. The summed E-state index contributed by atoms with van der Waals surface area (Å²) >= 11 is 3.36. The van der Waals surface area contributed by atoms with Gasteiger partial charge in [-0.2, -0.15) is 0 Å². The van der Waals surface area contributed by atoms with Crippen LogP contribution < -0.4 is 10.1 Å². The molecule has 0 saturated carbocycles. The first kappa shape index (κ1) is 18.4. The molecule has 1 atom stereocenters. The van der Waals surface area contributed by atoms with Crippen molar-refractivity contribution < 1.29 is 18.7 Å². The van der Waals surface area contributed by atoms with Gasteiger partial charge in [-0.3, -0.25) is 9.69 Å². The molecule has 0 radical (unpaired) electrons. The molecule has 1 saturated heterocycles. The Labute approximate surface area is 159 Å². The van der Waals surface area contributed by atoms with E-state index in [4.69, 9.17) is 4.74 Å². The maximum absolute atomic E-state index is 13.2. The lowest BCUT2D eigenvalue weighted by atomic mass is 9.87. The molecule has 1 fully saturated rings. The van der Waals surface area contributed by atoms with Crippen molar-refractivity contribution in [1.82, 2.24) is 10.2 Å². The number of carbonyl (C=O) groups is 2. The minimum atomic E-state index is -1.17. The highest BCUT2D eigenvalue weighted by molar-refractivity contribution is 9.10.